The first-order valence-corrected chi connectivity index (χ1v) is 7.65. The molecule has 0 spiro atoms. The van der Waals surface area contributed by atoms with Crippen LogP contribution in [0.5, 0.6) is 0 Å². The van der Waals surface area contributed by atoms with Crippen molar-refractivity contribution in [2.24, 2.45) is 13.0 Å². The average molecular weight is 301 g/mol. The zero-order valence-electron chi connectivity index (χ0n) is 12.6. The quantitative estimate of drug-likeness (QED) is 0.944. The van der Waals surface area contributed by atoms with Gasteiger partial charge in [0.1, 0.15) is 11.5 Å². The highest BCUT2D eigenvalue weighted by Crippen LogP contribution is 2.29. The number of hydrogen-bond donors (Lipinski definition) is 1. The standard InChI is InChI=1S/C17H20FN3O/c1-21-10-16(19-11-21)17(22)20-15-4-2-3-13(15)9-12-5-7-14(18)8-6-12/h5-8,10-11,13,15H,2-4,9H2,1H3,(H,20,22)/t13-,15-/m1/s1. The van der Waals surface area contributed by atoms with E-state index in [0.29, 0.717) is 11.6 Å². The molecule has 1 fully saturated rings. The van der Waals surface area contributed by atoms with Crippen LogP contribution in [0.15, 0.2) is 36.8 Å². The Morgan fingerprint density at radius 2 is 2.14 bits per heavy atom. The molecule has 4 nitrogen and oxygen atoms in total. The number of carbonyl (C=O) groups excluding carboxylic acids is 1. The summed E-state index contributed by atoms with van der Waals surface area (Å²) in [6, 6.07) is 6.80. The van der Waals surface area contributed by atoms with Crippen LogP contribution in [0.2, 0.25) is 0 Å². The molecule has 1 heterocycles. The smallest absolute Gasteiger partial charge is 0.271 e. The van der Waals surface area contributed by atoms with Gasteiger partial charge in [0.2, 0.25) is 0 Å². The predicted molar refractivity (Wildman–Crippen MR) is 81.9 cm³/mol. The number of carbonyl (C=O) groups is 1. The minimum atomic E-state index is -0.213. The molecule has 0 aliphatic heterocycles. The molecular weight excluding hydrogens is 281 g/mol. The first-order valence-electron chi connectivity index (χ1n) is 7.65. The van der Waals surface area contributed by atoms with Gasteiger partial charge in [0.05, 0.1) is 6.33 Å². The van der Waals surface area contributed by atoms with Gasteiger partial charge in [-0.25, -0.2) is 9.37 Å². The molecule has 22 heavy (non-hydrogen) atoms. The summed E-state index contributed by atoms with van der Waals surface area (Å²) < 4.78 is 14.7. The molecule has 1 N–H and O–H groups in total. The van der Waals surface area contributed by atoms with Crippen LogP contribution in [0.1, 0.15) is 35.3 Å². The lowest BCUT2D eigenvalue weighted by atomic mass is 9.94. The number of rotatable bonds is 4. The fraction of sp³-hybridized carbons (Fsp3) is 0.412. The molecule has 1 saturated carbocycles. The Morgan fingerprint density at radius 3 is 2.82 bits per heavy atom. The van der Waals surface area contributed by atoms with E-state index in [1.807, 2.05) is 19.2 Å². The van der Waals surface area contributed by atoms with Crippen LogP contribution < -0.4 is 5.32 Å². The average Bonchev–Trinajstić information content (AvgIpc) is 3.11. The van der Waals surface area contributed by atoms with Crippen molar-refractivity contribution in [1.29, 1.82) is 0 Å². The number of nitrogens with one attached hydrogen (secondary N) is 1. The van der Waals surface area contributed by atoms with Crippen LogP contribution in [-0.4, -0.2) is 21.5 Å². The van der Waals surface area contributed by atoms with E-state index in [-0.39, 0.29) is 17.8 Å². The maximum absolute atomic E-state index is 13.0. The number of nitrogens with zero attached hydrogens (tertiary/aromatic N) is 2. The summed E-state index contributed by atoms with van der Waals surface area (Å²) in [7, 11) is 1.84. The summed E-state index contributed by atoms with van der Waals surface area (Å²) in [5, 5.41) is 3.10. The van der Waals surface area contributed by atoms with Gasteiger partial charge in [0.15, 0.2) is 0 Å². The molecule has 2 aromatic rings. The Kier molecular flexibility index (Phi) is 4.22. The SMILES string of the molecule is Cn1cnc(C(=O)N[C@@H]2CCC[C@@H]2Cc2ccc(F)cc2)c1. The van der Waals surface area contributed by atoms with Crippen molar-refractivity contribution >= 4 is 5.91 Å². The molecule has 1 aromatic heterocycles. The molecule has 0 radical (unpaired) electrons. The predicted octanol–water partition coefficient (Wildman–Crippen LogP) is 2.70. The van der Waals surface area contributed by atoms with Crippen molar-refractivity contribution in [3.05, 3.63) is 53.9 Å². The Hall–Kier alpha value is -2.17. The monoisotopic (exact) mass is 301 g/mol. The number of aromatic nitrogens is 2. The highest BCUT2D eigenvalue weighted by molar-refractivity contribution is 5.92. The number of hydrogen-bond acceptors (Lipinski definition) is 2. The second-order valence-electron chi connectivity index (χ2n) is 6.03. The minimum absolute atomic E-state index is 0.114. The van der Waals surface area contributed by atoms with Gasteiger partial charge in [-0.2, -0.15) is 0 Å². The second kappa shape index (κ2) is 6.30. The van der Waals surface area contributed by atoms with Gasteiger partial charge in [0.25, 0.3) is 5.91 Å². The number of benzene rings is 1. The van der Waals surface area contributed by atoms with Gasteiger partial charge in [-0.05, 0) is 42.9 Å². The van der Waals surface area contributed by atoms with E-state index < -0.39 is 0 Å². The molecule has 3 rings (SSSR count). The van der Waals surface area contributed by atoms with E-state index in [4.69, 9.17) is 0 Å². The second-order valence-corrected chi connectivity index (χ2v) is 6.03. The highest BCUT2D eigenvalue weighted by atomic mass is 19.1. The Balaban J connectivity index is 1.63. The molecule has 0 saturated heterocycles. The molecule has 1 aliphatic rings. The summed E-state index contributed by atoms with van der Waals surface area (Å²) in [6.07, 6.45) is 7.40. The summed E-state index contributed by atoms with van der Waals surface area (Å²) in [5.41, 5.74) is 1.57. The van der Waals surface area contributed by atoms with E-state index in [2.05, 4.69) is 10.3 Å². The Labute approximate surface area is 129 Å². The molecular formula is C17H20FN3O. The summed E-state index contributed by atoms with van der Waals surface area (Å²) >= 11 is 0. The van der Waals surface area contributed by atoms with Crippen molar-refractivity contribution in [2.75, 3.05) is 0 Å². The minimum Gasteiger partial charge on any atom is -0.348 e. The Morgan fingerprint density at radius 1 is 1.36 bits per heavy atom. The fourth-order valence-electron chi connectivity index (χ4n) is 3.17. The van der Waals surface area contributed by atoms with E-state index in [9.17, 15) is 9.18 Å². The number of imidazole rings is 1. The maximum atomic E-state index is 13.0. The maximum Gasteiger partial charge on any atom is 0.271 e. The molecule has 116 valence electrons. The molecule has 2 atom stereocenters. The zero-order valence-corrected chi connectivity index (χ0v) is 12.6. The lowest BCUT2D eigenvalue weighted by Gasteiger charge is -2.20. The molecule has 0 bridgehead atoms. The molecule has 1 aromatic carbocycles. The number of amides is 1. The van der Waals surface area contributed by atoms with Crippen LogP contribution in [0.3, 0.4) is 0 Å². The summed E-state index contributed by atoms with van der Waals surface area (Å²) in [6.45, 7) is 0. The van der Waals surface area contributed by atoms with Gasteiger partial charge < -0.3 is 9.88 Å². The third-order valence-corrected chi connectivity index (χ3v) is 4.32. The summed E-state index contributed by atoms with van der Waals surface area (Å²) in [5.74, 6) is 0.0740. The van der Waals surface area contributed by atoms with Crippen molar-refractivity contribution in [3.8, 4) is 0 Å². The topological polar surface area (TPSA) is 46.9 Å². The lowest BCUT2D eigenvalue weighted by Crippen LogP contribution is -2.38. The fourth-order valence-corrected chi connectivity index (χ4v) is 3.17. The number of halogens is 1. The van der Waals surface area contributed by atoms with Gasteiger partial charge in [0, 0.05) is 19.3 Å². The van der Waals surface area contributed by atoms with Crippen molar-refractivity contribution in [2.45, 2.75) is 31.7 Å². The number of aryl methyl sites for hydroxylation is 1. The van der Waals surface area contributed by atoms with E-state index in [0.717, 1.165) is 31.2 Å². The van der Waals surface area contributed by atoms with Crippen LogP contribution in [0.4, 0.5) is 4.39 Å². The van der Waals surface area contributed by atoms with Crippen molar-refractivity contribution < 1.29 is 9.18 Å². The third-order valence-electron chi connectivity index (χ3n) is 4.32. The van der Waals surface area contributed by atoms with Gasteiger partial charge in [-0.3, -0.25) is 4.79 Å². The Bertz CT molecular complexity index is 650. The van der Waals surface area contributed by atoms with Gasteiger partial charge >= 0.3 is 0 Å². The van der Waals surface area contributed by atoms with Crippen LogP contribution in [0, 0.1) is 11.7 Å². The molecule has 1 aliphatic carbocycles. The van der Waals surface area contributed by atoms with E-state index in [1.54, 1.807) is 17.1 Å². The first kappa shape index (κ1) is 14.8. The third kappa shape index (κ3) is 3.35. The molecule has 5 heteroatoms. The van der Waals surface area contributed by atoms with Crippen LogP contribution in [0.25, 0.3) is 0 Å². The van der Waals surface area contributed by atoms with E-state index in [1.165, 1.54) is 12.1 Å². The van der Waals surface area contributed by atoms with E-state index >= 15 is 0 Å². The highest BCUT2D eigenvalue weighted by Gasteiger charge is 2.29. The first-order chi connectivity index (χ1) is 10.6. The van der Waals surface area contributed by atoms with Crippen molar-refractivity contribution in [1.82, 2.24) is 14.9 Å². The van der Waals surface area contributed by atoms with Crippen LogP contribution in [-0.2, 0) is 13.5 Å². The summed E-state index contributed by atoms with van der Waals surface area (Å²) in [4.78, 5) is 16.3. The normalized spacial score (nSPS) is 21.0. The zero-order chi connectivity index (χ0) is 15.5. The van der Waals surface area contributed by atoms with Gasteiger partial charge in [-0.15, -0.1) is 0 Å². The van der Waals surface area contributed by atoms with Crippen molar-refractivity contribution in [3.63, 3.8) is 0 Å². The van der Waals surface area contributed by atoms with Crippen LogP contribution >= 0.6 is 0 Å². The molecule has 1 amide bonds. The largest absolute Gasteiger partial charge is 0.348 e. The van der Waals surface area contributed by atoms with Gasteiger partial charge in [-0.1, -0.05) is 18.6 Å². The lowest BCUT2D eigenvalue weighted by molar-refractivity contribution is 0.0923. The molecule has 0 unspecified atom stereocenters.